The van der Waals surface area contributed by atoms with Gasteiger partial charge < -0.3 is 19.7 Å². The van der Waals surface area contributed by atoms with Gasteiger partial charge in [-0.3, -0.25) is 5.43 Å². The van der Waals surface area contributed by atoms with Gasteiger partial charge in [-0.2, -0.15) is 5.10 Å². The monoisotopic (exact) mass is 427 g/mol. The number of nitrogens with zero attached hydrogens (tertiary/aromatic N) is 1. The summed E-state index contributed by atoms with van der Waals surface area (Å²) in [5.74, 6) is 0.836. The van der Waals surface area contributed by atoms with Crippen molar-refractivity contribution in [2.24, 2.45) is 5.10 Å². The summed E-state index contributed by atoms with van der Waals surface area (Å²) >= 11 is 5.32. The van der Waals surface area contributed by atoms with Crippen molar-refractivity contribution >= 4 is 23.0 Å². The van der Waals surface area contributed by atoms with Crippen LogP contribution in [0.1, 0.15) is 24.5 Å². The number of rotatable bonds is 9. The number of thiocarbonyl (C=S) groups is 1. The molecule has 3 N–H and O–H groups in total. The third kappa shape index (κ3) is 7.74. The SMILES string of the molecule is C/C(=N/NC(=S)NCCC[NH+]1CCOCC1)c1ccc(OCc2ccccc2)cc1. The fourth-order valence-corrected chi connectivity index (χ4v) is 3.37. The van der Waals surface area contributed by atoms with E-state index in [2.05, 4.69) is 28.0 Å². The highest BCUT2D eigenvalue weighted by atomic mass is 32.1. The van der Waals surface area contributed by atoms with Crippen LogP contribution in [0, 0.1) is 0 Å². The lowest BCUT2D eigenvalue weighted by Crippen LogP contribution is -3.14. The van der Waals surface area contributed by atoms with Gasteiger partial charge in [0.15, 0.2) is 5.11 Å². The molecule has 0 aromatic heterocycles. The van der Waals surface area contributed by atoms with Gasteiger partial charge in [-0.1, -0.05) is 30.3 Å². The van der Waals surface area contributed by atoms with Crippen LogP contribution in [0.2, 0.25) is 0 Å². The molecule has 1 heterocycles. The zero-order valence-electron chi connectivity index (χ0n) is 17.5. The molecule has 1 aliphatic heterocycles. The summed E-state index contributed by atoms with van der Waals surface area (Å²) < 4.78 is 11.2. The van der Waals surface area contributed by atoms with Crippen LogP contribution in [0.4, 0.5) is 0 Å². The van der Waals surface area contributed by atoms with E-state index < -0.39 is 0 Å². The van der Waals surface area contributed by atoms with Crippen LogP contribution in [0.25, 0.3) is 0 Å². The Hall–Kier alpha value is -2.48. The first-order valence-electron chi connectivity index (χ1n) is 10.5. The second-order valence-corrected chi connectivity index (χ2v) is 7.74. The highest BCUT2D eigenvalue weighted by Gasteiger charge is 2.12. The van der Waals surface area contributed by atoms with E-state index in [9.17, 15) is 0 Å². The molecule has 0 radical (unpaired) electrons. The van der Waals surface area contributed by atoms with E-state index in [1.165, 1.54) is 0 Å². The van der Waals surface area contributed by atoms with E-state index in [0.29, 0.717) is 11.7 Å². The molecule has 0 aliphatic carbocycles. The predicted molar refractivity (Wildman–Crippen MR) is 124 cm³/mol. The molecule has 1 saturated heterocycles. The van der Waals surface area contributed by atoms with E-state index >= 15 is 0 Å². The molecule has 2 aromatic carbocycles. The van der Waals surface area contributed by atoms with Gasteiger partial charge in [0.2, 0.25) is 0 Å². The molecule has 160 valence electrons. The zero-order valence-corrected chi connectivity index (χ0v) is 18.3. The molecule has 0 bridgehead atoms. The Balaban J connectivity index is 1.36. The molecule has 0 saturated carbocycles. The van der Waals surface area contributed by atoms with Crippen LogP contribution < -0.4 is 20.4 Å². The molecule has 30 heavy (non-hydrogen) atoms. The molecule has 0 spiro atoms. The van der Waals surface area contributed by atoms with Gasteiger partial charge in [0, 0.05) is 13.0 Å². The maximum absolute atomic E-state index is 5.83. The topological polar surface area (TPSA) is 59.3 Å². The highest BCUT2D eigenvalue weighted by molar-refractivity contribution is 7.80. The van der Waals surface area contributed by atoms with Crippen LogP contribution >= 0.6 is 12.2 Å². The predicted octanol–water partition coefficient (Wildman–Crippen LogP) is 1.76. The summed E-state index contributed by atoms with van der Waals surface area (Å²) in [5.41, 5.74) is 5.97. The summed E-state index contributed by atoms with van der Waals surface area (Å²) in [6.07, 6.45) is 1.07. The number of hydrogen-bond acceptors (Lipinski definition) is 4. The van der Waals surface area contributed by atoms with Crippen molar-refractivity contribution in [3.05, 3.63) is 65.7 Å². The quantitative estimate of drug-likeness (QED) is 0.246. The maximum Gasteiger partial charge on any atom is 0.186 e. The van der Waals surface area contributed by atoms with Crippen molar-refractivity contribution in [2.75, 3.05) is 39.4 Å². The number of benzene rings is 2. The van der Waals surface area contributed by atoms with Gasteiger partial charge in [0.25, 0.3) is 0 Å². The van der Waals surface area contributed by atoms with E-state index in [4.69, 9.17) is 21.7 Å². The fraction of sp³-hybridized carbons (Fsp3) is 0.391. The minimum atomic E-state index is 0.550. The molecule has 3 rings (SSSR count). The van der Waals surface area contributed by atoms with Crippen molar-refractivity contribution in [3.8, 4) is 5.75 Å². The standard InChI is InChI=1S/C23H30N4O2S/c1-19(25-26-23(30)24-12-5-13-27-14-16-28-17-15-27)21-8-10-22(11-9-21)29-18-20-6-3-2-4-7-20/h2-4,6-11H,5,12-18H2,1H3,(H2,24,26,30)/p+1/b25-19-. The Labute approximate surface area is 184 Å². The lowest BCUT2D eigenvalue weighted by atomic mass is 10.1. The lowest BCUT2D eigenvalue weighted by molar-refractivity contribution is -0.908. The van der Waals surface area contributed by atoms with E-state index in [1.807, 2.05) is 49.4 Å². The van der Waals surface area contributed by atoms with Gasteiger partial charge in [-0.05, 0) is 54.5 Å². The zero-order chi connectivity index (χ0) is 21.0. The van der Waals surface area contributed by atoms with E-state index in [1.54, 1.807) is 4.90 Å². The molecule has 7 heteroatoms. The van der Waals surface area contributed by atoms with Crippen molar-refractivity contribution in [2.45, 2.75) is 20.0 Å². The van der Waals surface area contributed by atoms with Gasteiger partial charge in [0.05, 0.1) is 25.5 Å². The second kappa shape index (κ2) is 12.3. The van der Waals surface area contributed by atoms with Crippen molar-refractivity contribution < 1.29 is 14.4 Å². The maximum atomic E-state index is 5.83. The summed E-state index contributed by atoms with van der Waals surface area (Å²) in [6, 6.07) is 18.1. The summed E-state index contributed by atoms with van der Waals surface area (Å²) in [5, 5.41) is 8.16. The van der Waals surface area contributed by atoms with Crippen LogP contribution in [0.5, 0.6) is 5.75 Å². The number of quaternary nitrogens is 1. The van der Waals surface area contributed by atoms with Crippen molar-refractivity contribution in [3.63, 3.8) is 0 Å². The molecule has 0 atom stereocenters. The van der Waals surface area contributed by atoms with Gasteiger partial charge in [0.1, 0.15) is 25.4 Å². The largest absolute Gasteiger partial charge is 0.489 e. The second-order valence-electron chi connectivity index (χ2n) is 7.33. The first-order valence-corrected chi connectivity index (χ1v) is 10.9. The molecular formula is C23H31N4O2S+. The average Bonchev–Trinajstić information content (AvgIpc) is 2.80. The Morgan fingerprint density at radius 2 is 1.83 bits per heavy atom. The molecule has 1 fully saturated rings. The number of hydrogen-bond donors (Lipinski definition) is 3. The van der Waals surface area contributed by atoms with Crippen molar-refractivity contribution in [1.82, 2.24) is 10.7 Å². The Bertz CT molecular complexity index is 806. The summed E-state index contributed by atoms with van der Waals surface area (Å²) in [7, 11) is 0. The minimum Gasteiger partial charge on any atom is -0.489 e. The van der Waals surface area contributed by atoms with Crippen LogP contribution in [0.15, 0.2) is 59.7 Å². The molecule has 0 amide bonds. The average molecular weight is 428 g/mol. The molecular weight excluding hydrogens is 396 g/mol. The molecule has 6 nitrogen and oxygen atoms in total. The third-order valence-electron chi connectivity index (χ3n) is 5.04. The first kappa shape index (κ1) is 22.2. The molecule has 0 unspecified atom stereocenters. The first-order chi connectivity index (χ1) is 14.7. The number of hydrazone groups is 1. The number of nitrogens with one attached hydrogen (secondary N) is 3. The van der Waals surface area contributed by atoms with Crippen LogP contribution in [-0.4, -0.2) is 50.2 Å². The van der Waals surface area contributed by atoms with Crippen LogP contribution in [0.3, 0.4) is 0 Å². The Kier molecular flexibility index (Phi) is 9.08. The molecule has 2 aromatic rings. The fourth-order valence-electron chi connectivity index (χ4n) is 3.22. The Morgan fingerprint density at radius 3 is 2.57 bits per heavy atom. The molecule has 1 aliphatic rings. The number of ether oxygens (including phenoxy) is 2. The van der Waals surface area contributed by atoms with Gasteiger partial charge >= 0.3 is 0 Å². The van der Waals surface area contributed by atoms with Crippen molar-refractivity contribution in [1.29, 1.82) is 0 Å². The summed E-state index contributed by atoms with van der Waals surface area (Å²) in [4.78, 5) is 1.60. The third-order valence-corrected chi connectivity index (χ3v) is 5.27. The van der Waals surface area contributed by atoms with Crippen LogP contribution in [-0.2, 0) is 11.3 Å². The Morgan fingerprint density at radius 1 is 1.10 bits per heavy atom. The lowest BCUT2D eigenvalue weighted by Gasteiger charge is -2.23. The van der Waals surface area contributed by atoms with E-state index in [-0.39, 0.29) is 0 Å². The highest BCUT2D eigenvalue weighted by Crippen LogP contribution is 2.14. The summed E-state index contributed by atoms with van der Waals surface area (Å²) in [6.45, 7) is 8.44. The smallest absolute Gasteiger partial charge is 0.186 e. The van der Waals surface area contributed by atoms with Gasteiger partial charge in [-0.25, -0.2) is 0 Å². The minimum absolute atomic E-state index is 0.550. The normalized spacial score (nSPS) is 14.9. The van der Waals surface area contributed by atoms with Gasteiger partial charge in [-0.15, -0.1) is 0 Å². The van der Waals surface area contributed by atoms with E-state index in [0.717, 1.165) is 68.4 Å². The number of morpholine rings is 1.